The lowest BCUT2D eigenvalue weighted by molar-refractivity contribution is -0.0113. The van der Waals surface area contributed by atoms with Gasteiger partial charge in [-0.25, -0.2) is 4.79 Å². The molecule has 5 rings (SSSR count). The van der Waals surface area contributed by atoms with Crippen molar-refractivity contribution in [3.8, 4) is 0 Å². The van der Waals surface area contributed by atoms with Crippen LogP contribution in [0.5, 0.6) is 0 Å². The van der Waals surface area contributed by atoms with Crippen LogP contribution >= 0.6 is 11.8 Å². The van der Waals surface area contributed by atoms with Crippen LogP contribution in [0.4, 0.5) is 10.5 Å². The predicted octanol–water partition coefficient (Wildman–Crippen LogP) is 4.99. The number of nitrogens with one attached hydrogen (secondary N) is 2. The standard InChI is InChI=1S/C23H33N3OS/c1-23(2)17-8-7-16(21(23)13-17)15-26-11-9-18(10-12-26)24-22(27)25-19-5-4-6-20(14-19)28-3/h4-7,14,17-18,21H,8-13,15H2,1-3H3,(H2,24,25,27)/t17-,21?/m0/s1. The molecular weight excluding hydrogens is 366 g/mol. The zero-order chi connectivity index (χ0) is 19.7. The van der Waals surface area contributed by atoms with E-state index in [1.807, 2.05) is 24.5 Å². The third-order valence-electron chi connectivity index (χ3n) is 7.24. The van der Waals surface area contributed by atoms with Crippen molar-refractivity contribution in [2.24, 2.45) is 17.3 Å². The number of fused-ring (bicyclic) bond motifs is 1. The molecule has 2 atom stereocenters. The number of piperidine rings is 1. The molecule has 28 heavy (non-hydrogen) atoms. The second kappa shape index (κ2) is 8.11. The van der Waals surface area contributed by atoms with E-state index in [-0.39, 0.29) is 12.1 Å². The molecule has 1 unspecified atom stereocenters. The van der Waals surface area contributed by atoms with Crippen LogP contribution in [0, 0.1) is 17.3 Å². The lowest BCUT2D eigenvalue weighted by Gasteiger charge is -2.57. The number of urea groups is 1. The summed E-state index contributed by atoms with van der Waals surface area (Å²) in [7, 11) is 0. The van der Waals surface area contributed by atoms with E-state index in [9.17, 15) is 4.79 Å². The second-order valence-electron chi connectivity index (χ2n) is 9.20. The fraction of sp³-hybridized carbons (Fsp3) is 0.609. The number of anilines is 1. The average molecular weight is 400 g/mol. The van der Waals surface area contributed by atoms with Gasteiger partial charge in [-0.3, -0.25) is 4.90 Å². The number of benzene rings is 1. The summed E-state index contributed by atoms with van der Waals surface area (Å²) in [6, 6.07) is 8.16. The van der Waals surface area contributed by atoms with E-state index in [0.29, 0.717) is 5.41 Å². The number of rotatable bonds is 5. The first-order valence-corrected chi connectivity index (χ1v) is 11.8. The highest BCUT2D eigenvalue weighted by Crippen LogP contribution is 2.59. The van der Waals surface area contributed by atoms with Gasteiger partial charge in [0.2, 0.25) is 0 Å². The SMILES string of the molecule is CSc1cccc(NC(=O)NC2CCN(CC3=CC[C@H]4CC3C4(C)C)CC2)c1. The van der Waals surface area contributed by atoms with Gasteiger partial charge in [0, 0.05) is 36.3 Å². The average Bonchev–Trinajstić information content (AvgIpc) is 2.69. The van der Waals surface area contributed by atoms with Crippen molar-refractivity contribution in [1.82, 2.24) is 10.2 Å². The summed E-state index contributed by atoms with van der Waals surface area (Å²) in [6.07, 6.45) is 9.29. The highest BCUT2D eigenvalue weighted by atomic mass is 32.2. The van der Waals surface area contributed by atoms with Crippen LogP contribution in [0.3, 0.4) is 0 Å². The molecule has 1 aromatic rings. The molecule has 0 aromatic heterocycles. The second-order valence-corrected chi connectivity index (χ2v) is 10.1. The van der Waals surface area contributed by atoms with Crippen molar-refractivity contribution in [1.29, 1.82) is 0 Å². The Kier molecular flexibility index (Phi) is 5.75. The molecule has 2 N–H and O–H groups in total. The molecule has 3 aliphatic carbocycles. The Labute approximate surface area is 173 Å². The third-order valence-corrected chi connectivity index (χ3v) is 7.96. The van der Waals surface area contributed by atoms with Gasteiger partial charge in [0.15, 0.2) is 0 Å². The number of hydrogen-bond acceptors (Lipinski definition) is 3. The lowest BCUT2D eigenvalue weighted by atomic mass is 9.49. The molecule has 1 aliphatic heterocycles. The summed E-state index contributed by atoms with van der Waals surface area (Å²) in [5.41, 5.74) is 3.04. The Morgan fingerprint density at radius 2 is 2.07 bits per heavy atom. The third kappa shape index (κ3) is 4.11. The van der Waals surface area contributed by atoms with Crippen LogP contribution in [0.2, 0.25) is 0 Å². The van der Waals surface area contributed by atoms with Crippen LogP contribution in [-0.4, -0.2) is 42.9 Å². The first kappa shape index (κ1) is 19.8. The van der Waals surface area contributed by atoms with Crippen molar-refractivity contribution in [3.63, 3.8) is 0 Å². The Hall–Kier alpha value is -1.46. The molecule has 1 saturated carbocycles. The molecular formula is C23H33N3OS. The molecule has 4 aliphatic rings. The Morgan fingerprint density at radius 1 is 1.29 bits per heavy atom. The van der Waals surface area contributed by atoms with Gasteiger partial charge in [-0.05, 0) is 67.4 Å². The number of nitrogens with zero attached hydrogens (tertiary/aromatic N) is 1. The molecule has 0 spiro atoms. The molecule has 5 heteroatoms. The maximum Gasteiger partial charge on any atom is 0.319 e. The van der Waals surface area contributed by atoms with Gasteiger partial charge < -0.3 is 10.6 Å². The minimum atomic E-state index is -0.0889. The van der Waals surface area contributed by atoms with E-state index in [4.69, 9.17) is 0 Å². The summed E-state index contributed by atoms with van der Waals surface area (Å²) >= 11 is 1.68. The molecule has 1 heterocycles. The number of allylic oxidation sites excluding steroid dienone is 1. The monoisotopic (exact) mass is 399 g/mol. The van der Waals surface area contributed by atoms with Gasteiger partial charge >= 0.3 is 6.03 Å². The Bertz CT molecular complexity index is 752. The first-order chi connectivity index (χ1) is 13.5. The van der Waals surface area contributed by atoms with E-state index in [1.165, 1.54) is 12.8 Å². The van der Waals surface area contributed by atoms with Crippen LogP contribution < -0.4 is 10.6 Å². The molecule has 0 radical (unpaired) electrons. The quantitative estimate of drug-likeness (QED) is 0.542. The predicted molar refractivity (Wildman–Crippen MR) is 118 cm³/mol. The van der Waals surface area contributed by atoms with Crippen LogP contribution in [-0.2, 0) is 0 Å². The van der Waals surface area contributed by atoms with Crippen LogP contribution in [0.15, 0.2) is 40.8 Å². The van der Waals surface area contributed by atoms with E-state index >= 15 is 0 Å². The molecule has 4 nitrogen and oxygen atoms in total. The fourth-order valence-electron chi connectivity index (χ4n) is 5.20. The van der Waals surface area contributed by atoms with Gasteiger partial charge in [0.1, 0.15) is 0 Å². The normalized spacial score (nSPS) is 26.9. The van der Waals surface area contributed by atoms with Gasteiger partial charge in [0.05, 0.1) is 0 Å². The minimum Gasteiger partial charge on any atom is -0.335 e. The molecule has 2 fully saturated rings. The van der Waals surface area contributed by atoms with Gasteiger partial charge in [-0.1, -0.05) is 31.6 Å². The van der Waals surface area contributed by atoms with E-state index in [0.717, 1.165) is 54.9 Å². The Balaban J connectivity index is 1.22. The lowest BCUT2D eigenvalue weighted by Crippen LogP contribution is -2.51. The van der Waals surface area contributed by atoms with Gasteiger partial charge in [0.25, 0.3) is 0 Å². The maximum atomic E-state index is 12.3. The van der Waals surface area contributed by atoms with Crippen molar-refractivity contribution >= 4 is 23.5 Å². The topological polar surface area (TPSA) is 44.4 Å². The first-order valence-electron chi connectivity index (χ1n) is 10.6. The van der Waals surface area contributed by atoms with Crippen molar-refractivity contribution < 1.29 is 4.79 Å². The van der Waals surface area contributed by atoms with E-state index < -0.39 is 0 Å². The zero-order valence-electron chi connectivity index (χ0n) is 17.3. The number of thioether (sulfide) groups is 1. The zero-order valence-corrected chi connectivity index (χ0v) is 18.1. The number of amides is 2. The smallest absolute Gasteiger partial charge is 0.319 e. The summed E-state index contributed by atoms with van der Waals surface area (Å²) in [5.74, 6) is 1.70. The number of carbonyl (C=O) groups excluding carboxylic acids is 1. The number of carbonyl (C=O) groups is 1. The van der Waals surface area contributed by atoms with Crippen molar-refractivity contribution in [3.05, 3.63) is 35.9 Å². The maximum absolute atomic E-state index is 12.3. The fourth-order valence-corrected chi connectivity index (χ4v) is 5.66. The highest BCUT2D eigenvalue weighted by molar-refractivity contribution is 7.98. The number of likely N-dealkylation sites (tertiary alicyclic amines) is 1. The summed E-state index contributed by atoms with van der Waals surface area (Å²) < 4.78 is 0. The van der Waals surface area contributed by atoms with Crippen molar-refractivity contribution in [2.45, 2.75) is 50.5 Å². The molecule has 152 valence electrons. The number of hydrogen-bond donors (Lipinski definition) is 2. The summed E-state index contributed by atoms with van der Waals surface area (Å²) in [5, 5.41) is 6.14. The molecule has 1 aromatic carbocycles. The van der Waals surface area contributed by atoms with Crippen LogP contribution in [0.1, 0.15) is 39.5 Å². The van der Waals surface area contributed by atoms with Crippen molar-refractivity contribution in [2.75, 3.05) is 31.2 Å². The van der Waals surface area contributed by atoms with Crippen LogP contribution in [0.25, 0.3) is 0 Å². The molecule has 2 bridgehead atoms. The summed E-state index contributed by atoms with van der Waals surface area (Å²) in [6.45, 7) is 8.16. The molecule has 1 saturated heterocycles. The Morgan fingerprint density at radius 3 is 2.75 bits per heavy atom. The minimum absolute atomic E-state index is 0.0889. The highest BCUT2D eigenvalue weighted by Gasteiger charge is 2.51. The van der Waals surface area contributed by atoms with E-state index in [2.05, 4.69) is 41.5 Å². The van der Waals surface area contributed by atoms with Gasteiger partial charge in [-0.15, -0.1) is 11.8 Å². The molecule has 2 amide bonds. The largest absolute Gasteiger partial charge is 0.335 e. The van der Waals surface area contributed by atoms with E-state index in [1.54, 1.807) is 17.3 Å². The summed E-state index contributed by atoms with van der Waals surface area (Å²) in [4.78, 5) is 16.1. The van der Waals surface area contributed by atoms with Gasteiger partial charge in [-0.2, -0.15) is 0 Å².